The Morgan fingerprint density at radius 1 is 1.07 bits per heavy atom. The molecule has 1 amide bonds. The Morgan fingerprint density at radius 2 is 1.77 bits per heavy atom. The van der Waals surface area contributed by atoms with Crippen LogP contribution >= 0.6 is 11.6 Å². The molecule has 0 saturated carbocycles. The minimum atomic E-state index is -3.10. The summed E-state index contributed by atoms with van der Waals surface area (Å²) in [5, 5.41) is 11.3. The molecule has 0 aliphatic carbocycles. The number of amides is 1. The van der Waals surface area contributed by atoms with Crippen LogP contribution in [0.25, 0.3) is 11.3 Å². The van der Waals surface area contributed by atoms with E-state index in [1.54, 1.807) is 20.8 Å². The largest absolute Gasteiger partial charge is 0.493 e. The molecule has 1 aromatic heterocycles. The normalized spacial score (nSPS) is 12.7. The number of nitro groups is 1. The van der Waals surface area contributed by atoms with Crippen LogP contribution < -0.4 is 9.47 Å². The minimum absolute atomic E-state index is 0.0714. The highest BCUT2D eigenvalue weighted by Crippen LogP contribution is 2.28. The van der Waals surface area contributed by atoms with E-state index >= 15 is 0 Å². The van der Waals surface area contributed by atoms with Crippen molar-refractivity contribution in [2.24, 2.45) is 4.36 Å². The second-order valence-corrected chi connectivity index (χ2v) is 13.2. The van der Waals surface area contributed by atoms with Crippen molar-refractivity contribution in [2.45, 2.75) is 51.4 Å². The molecule has 3 rings (SSSR count). The summed E-state index contributed by atoms with van der Waals surface area (Å²) >= 11 is 5.74. The quantitative estimate of drug-likeness (QED) is 0.0872. The number of carbonyl (C=O) groups excluding carboxylic acids is 1. The number of hydrogen-bond acceptors (Lipinski definition) is 9. The molecule has 0 spiro atoms. The zero-order chi connectivity index (χ0) is 31.8. The number of unbranched alkanes of at least 4 members (excludes halogenated alkanes) is 2. The van der Waals surface area contributed by atoms with Gasteiger partial charge in [0.25, 0.3) is 5.69 Å². The van der Waals surface area contributed by atoms with Crippen molar-refractivity contribution in [3.63, 3.8) is 0 Å². The van der Waals surface area contributed by atoms with Gasteiger partial charge >= 0.3 is 6.09 Å². The van der Waals surface area contributed by atoms with Crippen LogP contribution in [0.5, 0.6) is 11.5 Å². The third-order valence-electron chi connectivity index (χ3n) is 5.49. The van der Waals surface area contributed by atoms with Crippen molar-refractivity contribution in [2.75, 3.05) is 19.5 Å². The van der Waals surface area contributed by atoms with E-state index < -0.39 is 38.0 Å². The first-order chi connectivity index (χ1) is 20.1. The summed E-state index contributed by atoms with van der Waals surface area (Å²) in [7, 11) is -3.10. The Balaban J connectivity index is 1.53. The van der Waals surface area contributed by atoms with E-state index in [9.17, 15) is 27.9 Å². The molecule has 0 N–H and O–H groups in total. The van der Waals surface area contributed by atoms with Crippen molar-refractivity contribution in [1.29, 1.82) is 0 Å². The summed E-state index contributed by atoms with van der Waals surface area (Å²) in [6, 6.07) is 7.83. The predicted octanol–water partition coefficient (Wildman–Crippen LogP) is 7.14. The smallest absolute Gasteiger partial charge is 0.442 e. The van der Waals surface area contributed by atoms with E-state index in [2.05, 4.69) is 14.3 Å². The maximum atomic E-state index is 14.2. The lowest BCUT2D eigenvalue weighted by Crippen LogP contribution is -2.22. The Labute approximate surface area is 252 Å². The van der Waals surface area contributed by atoms with Crippen LogP contribution in [0.4, 0.5) is 19.3 Å². The minimum Gasteiger partial charge on any atom is -0.493 e. The molecule has 0 fully saturated rings. The molecule has 0 radical (unpaired) electrons. The first-order valence-corrected chi connectivity index (χ1v) is 15.5. The molecule has 0 aliphatic rings. The van der Waals surface area contributed by atoms with Gasteiger partial charge in [0.1, 0.15) is 17.0 Å². The number of nitrogens with zero attached hydrogens (tertiary/aromatic N) is 4. The topological polar surface area (TPSA) is 143 Å². The third-order valence-corrected chi connectivity index (χ3v) is 7.08. The molecule has 2 aromatic carbocycles. The van der Waals surface area contributed by atoms with E-state index in [-0.39, 0.29) is 52.7 Å². The first-order valence-electron chi connectivity index (χ1n) is 13.1. The van der Waals surface area contributed by atoms with Crippen LogP contribution in [0, 0.1) is 21.7 Å². The summed E-state index contributed by atoms with van der Waals surface area (Å²) in [6.07, 6.45) is 2.92. The van der Waals surface area contributed by atoms with Gasteiger partial charge in [-0.2, -0.15) is 0 Å². The van der Waals surface area contributed by atoms with E-state index in [1.807, 2.05) is 0 Å². The Bertz CT molecular complexity index is 1610. The van der Waals surface area contributed by atoms with Gasteiger partial charge in [0, 0.05) is 17.9 Å². The number of rotatable bonds is 12. The molecule has 232 valence electrons. The molecule has 0 aliphatic heterocycles. The van der Waals surface area contributed by atoms with Gasteiger partial charge in [0.15, 0.2) is 17.4 Å². The number of hydrogen-bond donors (Lipinski definition) is 0. The highest BCUT2D eigenvalue weighted by atomic mass is 35.5. The molecule has 1 atom stereocenters. The van der Waals surface area contributed by atoms with Gasteiger partial charge in [-0.3, -0.25) is 10.1 Å². The van der Waals surface area contributed by atoms with Gasteiger partial charge in [-0.25, -0.2) is 27.8 Å². The Hall–Kier alpha value is -3.91. The summed E-state index contributed by atoms with van der Waals surface area (Å²) in [6.45, 7) is 5.32. The van der Waals surface area contributed by atoms with Crippen molar-refractivity contribution < 1.29 is 36.9 Å². The zero-order valence-electron chi connectivity index (χ0n) is 24.0. The first kappa shape index (κ1) is 33.6. The predicted molar refractivity (Wildman–Crippen MR) is 157 cm³/mol. The number of aromatic nitrogens is 2. The molecule has 1 heterocycles. The van der Waals surface area contributed by atoms with Gasteiger partial charge in [-0.1, -0.05) is 0 Å². The SMILES string of the molecule is CC(C)(C)OC(=O)N=S(C)(=O)Cc1cc(OCCCCCOc2cc(-c3nc(Cl)ncc3F)ccc2F)cc([N+](=O)[O-])c1. The maximum absolute atomic E-state index is 14.2. The number of ether oxygens (including phenoxy) is 3. The lowest BCUT2D eigenvalue weighted by molar-refractivity contribution is -0.385. The number of benzene rings is 2. The Morgan fingerprint density at radius 3 is 2.44 bits per heavy atom. The van der Waals surface area contributed by atoms with E-state index in [1.165, 1.54) is 36.6 Å². The number of halogens is 3. The van der Waals surface area contributed by atoms with Crippen LogP contribution in [0.2, 0.25) is 5.28 Å². The van der Waals surface area contributed by atoms with Gasteiger partial charge in [-0.15, -0.1) is 4.36 Å². The summed E-state index contributed by atoms with van der Waals surface area (Å²) in [5.41, 5.74) is -0.567. The van der Waals surface area contributed by atoms with Crippen LogP contribution in [0.15, 0.2) is 47.0 Å². The summed E-state index contributed by atoms with van der Waals surface area (Å²) in [5.74, 6) is -1.43. The van der Waals surface area contributed by atoms with Crippen LogP contribution in [-0.2, 0) is 20.2 Å². The van der Waals surface area contributed by atoms with Gasteiger partial charge in [-0.05, 0) is 81.5 Å². The lowest BCUT2D eigenvalue weighted by Gasteiger charge is -2.17. The van der Waals surface area contributed by atoms with Crippen molar-refractivity contribution >= 4 is 33.1 Å². The van der Waals surface area contributed by atoms with Crippen molar-refractivity contribution in [3.05, 3.63) is 75.2 Å². The van der Waals surface area contributed by atoms with Crippen LogP contribution in [0.3, 0.4) is 0 Å². The number of carbonyl (C=O) groups is 1. The highest BCUT2D eigenvalue weighted by Gasteiger charge is 2.19. The van der Waals surface area contributed by atoms with Gasteiger partial charge in [0.2, 0.25) is 5.28 Å². The maximum Gasteiger partial charge on any atom is 0.442 e. The third kappa shape index (κ3) is 11.0. The molecule has 11 nitrogen and oxygen atoms in total. The van der Waals surface area contributed by atoms with Crippen LogP contribution in [0.1, 0.15) is 45.6 Å². The molecular formula is C28H31ClF2N4O7S. The number of non-ortho nitro benzene ring substituents is 1. The molecule has 1 unspecified atom stereocenters. The fourth-order valence-corrected chi connectivity index (χ4v) is 5.09. The highest BCUT2D eigenvalue weighted by molar-refractivity contribution is 7.92. The summed E-state index contributed by atoms with van der Waals surface area (Å²) in [4.78, 5) is 30.2. The molecular weight excluding hydrogens is 610 g/mol. The van der Waals surface area contributed by atoms with E-state index in [0.29, 0.717) is 24.8 Å². The standard InChI is InChI=1S/C28H31ClF2N4O7S/c1-28(2,3)42-27(36)34-43(4,39)17-18-12-20(35(37)38)15-21(13-18)40-10-6-5-7-11-41-24-14-19(8-9-22(24)30)25-23(31)16-32-26(29)33-25/h8-9,12-16H,5-7,10-11,17H2,1-4H3. The van der Waals surface area contributed by atoms with Crippen molar-refractivity contribution in [1.82, 2.24) is 9.97 Å². The van der Waals surface area contributed by atoms with E-state index in [4.69, 9.17) is 25.8 Å². The zero-order valence-corrected chi connectivity index (χ0v) is 25.5. The van der Waals surface area contributed by atoms with Gasteiger partial charge in [0.05, 0.1) is 45.9 Å². The average molecular weight is 641 g/mol. The average Bonchev–Trinajstić information content (AvgIpc) is 2.88. The summed E-state index contributed by atoms with van der Waals surface area (Å²) < 4.78 is 61.2. The lowest BCUT2D eigenvalue weighted by atomic mass is 10.1. The molecule has 43 heavy (non-hydrogen) atoms. The molecule has 0 bridgehead atoms. The molecule has 3 aromatic rings. The fourth-order valence-electron chi connectivity index (χ4n) is 3.76. The van der Waals surface area contributed by atoms with Crippen LogP contribution in [-0.4, -0.2) is 50.3 Å². The molecule has 15 heteroatoms. The fraction of sp³-hybridized carbons (Fsp3) is 0.393. The molecule has 0 saturated heterocycles. The second-order valence-electron chi connectivity index (χ2n) is 10.5. The van der Waals surface area contributed by atoms with Crippen molar-refractivity contribution in [3.8, 4) is 22.8 Å². The Kier molecular flexibility index (Phi) is 11.3. The van der Waals surface area contributed by atoms with E-state index in [0.717, 1.165) is 12.3 Å². The monoisotopic (exact) mass is 640 g/mol. The second kappa shape index (κ2) is 14.5. The number of nitro benzene ring substituents is 1. The van der Waals surface area contributed by atoms with Gasteiger partial charge < -0.3 is 14.2 Å².